The first kappa shape index (κ1) is 13.1. The Morgan fingerprint density at radius 2 is 2.05 bits per heavy atom. The second-order valence-electron chi connectivity index (χ2n) is 3.83. The van der Waals surface area contributed by atoms with Crippen molar-refractivity contribution in [1.29, 1.82) is 0 Å². The lowest BCUT2D eigenvalue weighted by atomic mass is 10.1. The maximum absolute atomic E-state index is 13.9. The van der Waals surface area contributed by atoms with Gasteiger partial charge in [0.25, 0.3) is 11.7 Å². The molecular weight excluding hydrogens is 256 g/mol. The maximum Gasteiger partial charge on any atom is 0.377 e. The van der Waals surface area contributed by atoms with Gasteiger partial charge in [0.05, 0.1) is 7.11 Å². The smallest absolute Gasteiger partial charge is 0.377 e. The average molecular weight is 267 g/mol. The summed E-state index contributed by atoms with van der Waals surface area (Å²) in [6.07, 6.45) is 1.07. The van der Waals surface area contributed by atoms with Crippen molar-refractivity contribution in [3.05, 3.63) is 48.0 Å². The molecule has 0 aliphatic rings. The Kier molecular flexibility index (Phi) is 3.55. The highest BCUT2D eigenvalue weighted by Crippen LogP contribution is 2.29. The first-order chi connectivity index (χ1) is 9.03. The number of carbonyl (C=O) groups excluding carboxylic acids is 1. The molecule has 5 nitrogen and oxygen atoms in total. The molecule has 7 heteroatoms. The minimum atomic E-state index is -3.09. The number of nitrogens with zero attached hydrogens (tertiary/aromatic N) is 3. The molecule has 2 rings (SSSR count). The summed E-state index contributed by atoms with van der Waals surface area (Å²) in [5, 5.41) is 3.64. The molecule has 0 saturated heterocycles. The SMILES string of the molecule is COC(=O)c1ncn(CC(F)(F)c2ccccc2)n1. The van der Waals surface area contributed by atoms with Gasteiger partial charge in [0.1, 0.15) is 12.9 Å². The third-order valence-corrected chi connectivity index (χ3v) is 2.46. The summed E-state index contributed by atoms with van der Waals surface area (Å²) >= 11 is 0. The monoisotopic (exact) mass is 267 g/mol. The molecular formula is C12H11F2N3O2. The zero-order valence-electron chi connectivity index (χ0n) is 10.1. The molecule has 0 atom stereocenters. The molecule has 0 aliphatic heterocycles. The fraction of sp³-hybridized carbons (Fsp3) is 0.250. The number of aromatic nitrogens is 3. The number of rotatable bonds is 4. The van der Waals surface area contributed by atoms with Crippen molar-refractivity contribution in [3.8, 4) is 0 Å². The van der Waals surface area contributed by atoms with Crippen LogP contribution in [0.5, 0.6) is 0 Å². The Balaban J connectivity index is 2.16. The Morgan fingerprint density at radius 3 is 2.68 bits per heavy atom. The zero-order chi connectivity index (χ0) is 13.9. The van der Waals surface area contributed by atoms with Crippen LogP contribution < -0.4 is 0 Å². The number of methoxy groups -OCH3 is 1. The zero-order valence-corrected chi connectivity index (χ0v) is 10.1. The second-order valence-corrected chi connectivity index (χ2v) is 3.83. The largest absolute Gasteiger partial charge is 0.463 e. The van der Waals surface area contributed by atoms with E-state index in [4.69, 9.17) is 0 Å². The van der Waals surface area contributed by atoms with Gasteiger partial charge in [-0.25, -0.2) is 14.5 Å². The molecule has 0 N–H and O–H groups in total. The molecule has 1 aromatic carbocycles. The Hall–Kier alpha value is -2.31. The van der Waals surface area contributed by atoms with Gasteiger partial charge < -0.3 is 4.74 Å². The van der Waals surface area contributed by atoms with Crippen LogP contribution in [0.3, 0.4) is 0 Å². The summed E-state index contributed by atoms with van der Waals surface area (Å²) in [5.74, 6) is -4.10. The molecule has 0 radical (unpaired) electrons. The van der Waals surface area contributed by atoms with Crippen LogP contribution in [0.2, 0.25) is 0 Å². The highest BCUT2D eigenvalue weighted by molar-refractivity contribution is 5.84. The highest BCUT2D eigenvalue weighted by Gasteiger charge is 2.32. The summed E-state index contributed by atoms with van der Waals surface area (Å²) < 4.78 is 33.2. The van der Waals surface area contributed by atoms with Crippen molar-refractivity contribution in [2.75, 3.05) is 7.11 Å². The van der Waals surface area contributed by atoms with Crippen molar-refractivity contribution in [2.24, 2.45) is 0 Å². The van der Waals surface area contributed by atoms with Crippen LogP contribution in [-0.4, -0.2) is 27.8 Å². The van der Waals surface area contributed by atoms with E-state index >= 15 is 0 Å². The molecule has 0 aliphatic carbocycles. The first-order valence-corrected chi connectivity index (χ1v) is 5.44. The van der Waals surface area contributed by atoms with Gasteiger partial charge in [-0.3, -0.25) is 0 Å². The van der Waals surface area contributed by atoms with E-state index in [9.17, 15) is 13.6 Å². The predicted octanol–water partition coefficient (Wildman–Crippen LogP) is 1.86. The second kappa shape index (κ2) is 5.13. The number of hydrogen-bond donors (Lipinski definition) is 0. The minimum Gasteiger partial charge on any atom is -0.463 e. The van der Waals surface area contributed by atoms with Gasteiger partial charge >= 0.3 is 5.97 Å². The Morgan fingerprint density at radius 1 is 1.37 bits per heavy atom. The molecule has 2 aromatic rings. The molecule has 0 amide bonds. The maximum atomic E-state index is 13.9. The van der Waals surface area contributed by atoms with Gasteiger partial charge in [0.15, 0.2) is 0 Å². The topological polar surface area (TPSA) is 57.0 Å². The van der Waals surface area contributed by atoms with Crippen LogP contribution in [0, 0.1) is 0 Å². The average Bonchev–Trinajstić information content (AvgIpc) is 2.86. The molecule has 0 fully saturated rings. The summed E-state index contributed by atoms with van der Waals surface area (Å²) in [6, 6.07) is 7.38. The van der Waals surface area contributed by atoms with E-state index in [0.29, 0.717) is 0 Å². The van der Waals surface area contributed by atoms with E-state index in [2.05, 4.69) is 14.8 Å². The summed E-state index contributed by atoms with van der Waals surface area (Å²) in [4.78, 5) is 14.7. The predicted molar refractivity (Wildman–Crippen MR) is 61.7 cm³/mol. The molecule has 1 aromatic heterocycles. The minimum absolute atomic E-state index is 0.120. The van der Waals surface area contributed by atoms with Crippen LogP contribution in [0.1, 0.15) is 16.2 Å². The van der Waals surface area contributed by atoms with E-state index < -0.39 is 18.4 Å². The molecule has 19 heavy (non-hydrogen) atoms. The van der Waals surface area contributed by atoms with Crippen LogP contribution in [-0.2, 0) is 17.2 Å². The van der Waals surface area contributed by atoms with Crippen molar-refractivity contribution < 1.29 is 18.3 Å². The highest BCUT2D eigenvalue weighted by atomic mass is 19.3. The van der Waals surface area contributed by atoms with E-state index in [1.54, 1.807) is 6.07 Å². The van der Waals surface area contributed by atoms with Crippen molar-refractivity contribution in [2.45, 2.75) is 12.5 Å². The number of alkyl halides is 2. The Bertz CT molecular complexity index is 569. The fourth-order valence-electron chi connectivity index (χ4n) is 1.53. The van der Waals surface area contributed by atoms with E-state index in [1.807, 2.05) is 0 Å². The molecule has 0 unspecified atom stereocenters. The third kappa shape index (κ3) is 2.93. The van der Waals surface area contributed by atoms with Crippen LogP contribution in [0.25, 0.3) is 0 Å². The number of hydrogen-bond acceptors (Lipinski definition) is 4. The lowest BCUT2D eigenvalue weighted by Crippen LogP contribution is -2.22. The number of benzene rings is 1. The van der Waals surface area contributed by atoms with Crippen LogP contribution >= 0.6 is 0 Å². The summed E-state index contributed by atoms with van der Waals surface area (Å²) in [5.41, 5.74) is -0.120. The summed E-state index contributed by atoms with van der Waals surface area (Å²) in [6.45, 7) is -0.693. The fourth-order valence-corrected chi connectivity index (χ4v) is 1.53. The van der Waals surface area contributed by atoms with Crippen molar-refractivity contribution in [1.82, 2.24) is 14.8 Å². The lowest BCUT2D eigenvalue weighted by molar-refractivity contribution is -0.0256. The number of halogens is 2. The van der Waals surface area contributed by atoms with E-state index in [0.717, 1.165) is 11.0 Å². The molecule has 1 heterocycles. The van der Waals surface area contributed by atoms with Gasteiger partial charge in [-0.05, 0) is 0 Å². The van der Waals surface area contributed by atoms with Crippen LogP contribution in [0.4, 0.5) is 8.78 Å². The van der Waals surface area contributed by atoms with Gasteiger partial charge in [0.2, 0.25) is 0 Å². The van der Waals surface area contributed by atoms with Gasteiger partial charge in [-0.2, -0.15) is 8.78 Å². The van der Waals surface area contributed by atoms with E-state index in [-0.39, 0.29) is 11.4 Å². The quantitative estimate of drug-likeness (QED) is 0.793. The van der Waals surface area contributed by atoms with E-state index in [1.165, 1.54) is 31.4 Å². The van der Waals surface area contributed by atoms with Crippen molar-refractivity contribution in [3.63, 3.8) is 0 Å². The standard InChI is InChI=1S/C12H11F2N3O2/c1-19-11(18)10-15-8-17(16-10)7-12(13,14)9-5-3-2-4-6-9/h2-6,8H,7H2,1H3. The molecule has 0 saturated carbocycles. The summed E-state index contributed by atoms with van der Waals surface area (Å²) in [7, 11) is 1.17. The number of ether oxygens (including phenoxy) is 1. The number of esters is 1. The van der Waals surface area contributed by atoms with Gasteiger partial charge in [-0.1, -0.05) is 30.3 Å². The molecule has 0 spiro atoms. The van der Waals surface area contributed by atoms with Gasteiger partial charge in [-0.15, -0.1) is 5.10 Å². The first-order valence-electron chi connectivity index (χ1n) is 5.44. The molecule has 0 bridgehead atoms. The lowest BCUT2D eigenvalue weighted by Gasteiger charge is -2.16. The third-order valence-electron chi connectivity index (χ3n) is 2.46. The van der Waals surface area contributed by atoms with Crippen molar-refractivity contribution >= 4 is 5.97 Å². The van der Waals surface area contributed by atoms with Gasteiger partial charge in [0, 0.05) is 5.56 Å². The normalized spacial score (nSPS) is 11.3. The number of carbonyl (C=O) groups is 1. The molecule has 100 valence electrons. The van der Waals surface area contributed by atoms with Crippen LogP contribution in [0.15, 0.2) is 36.7 Å². The Labute approximate surface area is 107 Å².